The van der Waals surface area contributed by atoms with Crippen molar-refractivity contribution in [2.24, 2.45) is 5.92 Å². The molecular formula is C27H34F3N3O3. The summed E-state index contributed by atoms with van der Waals surface area (Å²) in [6.45, 7) is 3.50. The molecule has 2 saturated heterocycles. The van der Waals surface area contributed by atoms with Crippen molar-refractivity contribution in [3.8, 4) is 5.75 Å². The molecule has 0 aromatic heterocycles. The molecular weight excluding hydrogens is 471 g/mol. The van der Waals surface area contributed by atoms with E-state index in [-0.39, 0.29) is 55.1 Å². The van der Waals surface area contributed by atoms with Crippen LogP contribution in [0.5, 0.6) is 5.75 Å². The Balaban J connectivity index is 1.40. The van der Waals surface area contributed by atoms with Crippen molar-refractivity contribution in [3.05, 3.63) is 59.2 Å². The second kappa shape index (κ2) is 10.6. The van der Waals surface area contributed by atoms with E-state index in [1.54, 1.807) is 0 Å². The van der Waals surface area contributed by atoms with Gasteiger partial charge in [0, 0.05) is 67.4 Å². The van der Waals surface area contributed by atoms with Crippen molar-refractivity contribution < 1.29 is 28.1 Å². The van der Waals surface area contributed by atoms with Crippen LogP contribution in [0, 0.1) is 17.6 Å². The lowest BCUT2D eigenvalue weighted by Crippen LogP contribution is -2.53. The number of aliphatic hydroxyl groups excluding tert-OH is 2. The molecule has 2 fully saturated rings. The molecule has 9 heteroatoms. The number of halogens is 3. The van der Waals surface area contributed by atoms with Crippen LogP contribution in [0.15, 0.2) is 36.4 Å². The molecule has 3 aliphatic rings. The van der Waals surface area contributed by atoms with Gasteiger partial charge in [0.2, 0.25) is 0 Å². The largest absolute Gasteiger partial charge is 0.492 e. The first-order valence-corrected chi connectivity index (χ1v) is 12.7. The molecule has 0 saturated carbocycles. The number of hydrogen-bond donors (Lipinski definition) is 3. The van der Waals surface area contributed by atoms with E-state index in [2.05, 4.69) is 5.32 Å². The maximum atomic E-state index is 15.6. The van der Waals surface area contributed by atoms with Crippen LogP contribution in [-0.4, -0.2) is 84.3 Å². The number of rotatable bonds is 9. The fraction of sp³-hybridized carbons (Fsp3) is 0.556. The van der Waals surface area contributed by atoms with Crippen molar-refractivity contribution in [1.29, 1.82) is 0 Å². The topological polar surface area (TPSA) is 68.2 Å². The summed E-state index contributed by atoms with van der Waals surface area (Å²) in [6, 6.07) is 9.29. The van der Waals surface area contributed by atoms with Crippen molar-refractivity contribution >= 4 is 5.69 Å². The molecule has 5 atom stereocenters. The lowest BCUT2D eigenvalue weighted by molar-refractivity contribution is 0.000450. The van der Waals surface area contributed by atoms with Crippen molar-refractivity contribution in [1.82, 2.24) is 9.80 Å². The van der Waals surface area contributed by atoms with Gasteiger partial charge in [0.25, 0.3) is 0 Å². The van der Waals surface area contributed by atoms with Crippen LogP contribution in [0.1, 0.15) is 36.4 Å². The first-order valence-electron chi connectivity index (χ1n) is 12.7. The summed E-state index contributed by atoms with van der Waals surface area (Å²) in [6.07, 6.45) is -0.268. The third-order valence-corrected chi connectivity index (χ3v) is 7.88. The average molecular weight is 506 g/mol. The van der Waals surface area contributed by atoms with E-state index in [0.717, 1.165) is 17.7 Å². The normalized spacial score (nSPS) is 27.2. The average Bonchev–Trinajstić information content (AvgIpc) is 3.19. The van der Waals surface area contributed by atoms with Crippen LogP contribution in [0.4, 0.5) is 18.9 Å². The lowest BCUT2D eigenvalue weighted by Gasteiger charge is -2.48. The summed E-state index contributed by atoms with van der Waals surface area (Å²) < 4.78 is 49.5. The number of nitrogens with one attached hydrogen (secondary N) is 1. The van der Waals surface area contributed by atoms with E-state index in [4.69, 9.17) is 4.74 Å². The van der Waals surface area contributed by atoms with Crippen LogP contribution in [-0.2, 0) is 0 Å². The summed E-state index contributed by atoms with van der Waals surface area (Å²) in [5, 5.41) is 23.2. The molecule has 6 nitrogen and oxygen atoms in total. The fourth-order valence-electron chi connectivity index (χ4n) is 6.10. The zero-order chi connectivity index (χ0) is 25.4. The van der Waals surface area contributed by atoms with Crippen LogP contribution in [0.2, 0.25) is 0 Å². The van der Waals surface area contributed by atoms with Crippen molar-refractivity contribution in [3.63, 3.8) is 0 Å². The number of β-amino-alcohol motifs (C(OH)–C–C–N with tert-alkyl or cyclic N) is 1. The predicted octanol–water partition coefficient (Wildman–Crippen LogP) is 3.31. The smallest absolute Gasteiger partial charge is 0.134 e. The third kappa shape index (κ3) is 4.81. The number of anilines is 1. The van der Waals surface area contributed by atoms with Gasteiger partial charge in [-0.25, -0.2) is 8.78 Å². The van der Waals surface area contributed by atoms with Crippen LogP contribution >= 0.6 is 0 Å². The molecule has 3 N–H and O–H groups in total. The number of hydrogen-bond acceptors (Lipinski definition) is 6. The van der Waals surface area contributed by atoms with Gasteiger partial charge in [0.05, 0.1) is 31.5 Å². The van der Waals surface area contributed by atoms with E-state index in [0.29, 0.717) is 19.6 Å². The molecule has 3 heterocycles. The summed E-state index contributed by atoms with van der Waals surface area (Å²) in [7, 11) is 0. The Labute approximate surface area is 209 Å². The number of para-hydroxylation sites is 1. The molecule has 0 aliphatic carbocycles. The first-order chi connectivity index (χ1) is 17.4. The lowest BCUT2D eigenvalue weighted by atomic mass is 9.77. The third-order valence-electron chi connectivity index (χ3n) is 7.88. The zero-order valence-electron chi connectivity index (χ0n) is 20.4. The highest BCUT2D eigenvalue weighted by Gasteiger charge is 2.48. The molecule has 2 aromatic carbocycles. The Bertz CT molecular complexity index is 1040. The highest BCUT2D eigenvalue weighted by molar-refractivity contribution is 5.61. The molecule has 0 bridgehead atoms. The van der Waals surface area contributed by atoms with E-state index in [1.165, 1.54) is 12.1 Å². The highest BCUT2D eigenvalue weighted by Crippen LogP contribution is 2.50. The summed E-state index contributed by atoms with van der Waals surface area (Å²) >= 11 is 0. The Kier molecular flexibility index (Phi) is 7.44. The molecule has 2 unspecified atom stereocenters. The van der Waals surface area contributed by atoms with Gasteiger partial charge in [-0.2, -0.15) is 0 Å². The van der Waals surface area contributed by atoms with Crippen LogP contribution < -0.4 is 10.1 Å². The van der Waals surface area contributed by atoms with Gasteiger partial charge >= 0.3 is 0 Å². The van der Waals surface area contributed by atoms with Gasteiger partial charge in [-0.3, -0.25) is 14.2 Å². The maximum absolute atomic E-state index is 15.6. The maximum Gasteiger partial charge on any atom is 0.134 e. The Morgan fingerprint density at radius 1 is 1.17 bits per heavy atom. The summed E-state index contributed by atoms with van der Waals surface area (Å²) in [5.41, 5.74) is 2.02. The SMILES string of the molecule is C[C@@H]1CC2c3ccccc3NC2[C@@H](c2c(F)cc(OCCN3CC(CF)C3)cc2F)N1C[C@@H](O)CO. The minimum absolute atomic E-state index is 0.0584. The number of nitrogens with zero attached hydrogens (tertiary/aromatic N) is 2. The van der Waals surface area contributed by atoms with Gasteiger partial charge < -0.3 is 20.3 Å². The number of benzene rings is 2. The second-order valence-electron chi connectivity index (χ2n) is 10.4. The number of likely N-dealkylation sites (tertiary alicyclic amines) is 2. The molecule has 36 heavy (non-hydrogen) atoms. The van der Waals surface area contributed by atoms with E-state index in [9.17, 15) is 14.6 Å². The number of alkyl halides is 1. The minimum atomic E-state index is -1.03. The van der Waals surface area contributed by atoms with Crippen molar-refractivity contribution in [2.75, 3.05) is 51.4 Å². The number of fused-ring (bicyclic) bond motifs is 3. The van der Waals surface area contributed by atoms with Crippen LogP contribution in [0.3, 0.4) is 0 Å². The summed E-state index contributed by atoms with van der Waals surface area (Å²) in [5.74, 6) is -1.16. The molecule has 196 valence electrons. The monoisotopic (exact) mass is 505 g/mol. The number of ether oxygens (including phenoxy) is 1. The van der Waals surface area contributed by atoms with E-state index in [1.807, 2.05) is 41.0 Å². The summed E-state index contributed by atoms with van der Waals surface area (Å²) in [4.78, 5) is 3.94. The highest BCUT2D eigenvalue weighted by atomic mass is 19.1. The van der Waals surface area contributed by atoms with Gasteiger partial charge in [0.1, 0.15) is 24.0 Å². The van der Waals surface area contributed by atoms with E-state index < -0.39 is 30.4 Å². The molecule has 0 radical (unpaired) electrons. The second-order valence-corrected chi connectivity index (χ2v) is 10.4. The molecule has 3 aliphatic heterocycles. The molecule has 0 spiro atoms. The van der Waals surface area contributed by atoms with E-state index >= 15 is 8.78 Å². The number of aliphatic hydroxyl groups is 2. The molecule has 0 amide bonds. The standard InChI is InChI=1S/C27H34F3N3O3/c1-16-8-21-20-4-2-3-5-24(20)31-26(21)27(33(16)14-18(35)15-34)25-22(29)9-19(10-23(25)30)36-7-6-32-12-17(11-28)13-32/h2-5,9-10,16-18,21,26-27,31,34-35H,6-8,11-15H2,1H3/t16-,18-,21?,26?,27-/m1/s1. The Morgan fingerprint density at radius 3 is 2.58 bits per heavy atom. The quantitative estimate of drug-likeness (QED) is 0.486. The predicted molar refractivity (Wildman–Crippen MR) is 131 cm³/mol. The van der Waals surface area contributed by atoms with Crippen LogP contribution in [0.25, 0.3) is 0 Å². The number of piperidine rings is 1. The zero-order valence-corrected chi connectivity index (χ0v) is 20.4. The van der Waals surface area contributed by atoms with Gasteiger partial charge in [-0.05, 0) is 25.0 Å². The van der Waals surface area contributed by atoms with Crippen molar-refractivity contribution in [2.45, 2.75) is 43.5 Å². The molecule has 2 aromatic rings. The fourth-order valence-corrected chi connectivity index (χ4v) is 6.10. The Hall–Kier alpha value is -2.33. The Morgan fingerprint density at radius 2 is 1.89 bits per heavy atom. The van der Waals surface area contributed by atoms with Gasteiger partial charge in [-0.15, -0.1) is 0 Å². The van der Waals surface area contributed by atoms with Gasteiger partial charge in [-0.1, -0.05) is 18.2 Å². The molecule has 5 rings (SSSR count). The minimum Gasteiger partial charge on any atom is -0.492 e. The van der Waals surface area contributed by atoms with Gasteiger partial charge in [0.15, 0.2) is 0 Å². The first kappa shape index (κ1) is 25.3.